The van der Waals surface area contributed by atoms with Crippen LogP contribution in [0.2, 0.25) is 5.15 Å². The van der Waals surface area contributed by atoms with Gasteiger partial charge in [-0.05, 0) is 0 Å². The van der Waals surface area contributed by atoms with Gasteiger partial charge in [-0.25, -0.2) is 20.8 Å². The minimum atomic E-state index is -0.861. The molecule has 0 aliphatic rings. The topological polar surface area (TPSA) is 151 Å². The summed E-state index contributed by atoms with van der Waals surface area (Å²) in [5.74, 6) is 3.93. The van der Waals surface area contributed by atoms with E-state index >= 15 is 0 Å². The van der Waals surface area contributed by atoms with Crippen LogP contribution in [-0.4, -0.2) is 40.9 Å². The van der Waals surface area contributed by atoms with E-state index in [-0.39, 0.29) is 16.7 Å². The Morgan fingerprint density at radius 2 is 1.94 bits per heavy atom. The van der Waals surface area contributed by atoms with Crippen molar-refractivity contribution in [1.82, 2.24) is 15.0 Å². The molecule has 1 rings (SSSR count). The Morgan fingerprint density at radius 3 is 2.39 bits per heavy atom. The summed E-state index contributed by atoms with van der Waals surface area (Å²) in [6, 6.07) is 0. The average molecular weight is 273 g/mol. The number of nitrogens with one attached hydrogen (secondary N) is 1. The lowest BCUT2D eigenvalue weighted by molar-refractivity contribution is 0.0840. The number of anilines is 2. The molecule has 0 radical (unpaired) electrons. The molecule has 1 heterocycles. The molecular formula is C8H13ClN8O. The molecule has 0 aliphatic carbocycles. The predicted octanol–water partition coefficient (Wildman–Crippen LogP) is -1.01. The third-order valence-corrected chi connectivity index (χ3v) is 2.22. The van der Waals surface area contributed by atoms with Gasteiger partial charge in [-0.2, -0.15) is 0 Å². The molecule has 9 nitrogen and oxygen atoms in total. The highest BCUT2D eigenvalue weighted by Gasteiger charge is 2.22. The molecule has 10 heteroatoms. The highest BCUT2D eigenvalue weighted by Crippen LogP contribution is 2.22. The van der Waals surface area contributed by atoms with Crippen LogP contribution >= 0.6 is 11.6 Å². The van der Waals surface area contributed by atoms with E-state index in [1.807, 2.05) is 0 Å². The van der Waals surface area contributed by atoms with Gasteiger partial charge in [0.25, 0.3) is 5.91 Å². The quantitative estimate of drug-likeness (QED) is 0.177. The van der Waals surface area contributed by atoms with Gasteiger partial charge in [0.15, 0.2) is 22.5 Å². The lowest BCUT2D eigenvalue weighted by atomic mass is 10.3. The molecule has 1 amide bonds. The van der Waals surface area contributed by atoms with E-state index in [9.17, 15) is 4.79 Å². The maximum absolute atomic E-state index is 11.8. The molecule has 0 aromatic carbocycles. The van der Waals surface area contributed by atoms with Crippen molar-refractivity contribution >= 4 is 35.1 Å². The summed E-state index contributed by atoms with van der Waals surface area (Å²) in [5.41, 5.74) is 10.4. The van der Waals surface area contributed by atoms with Gasteiger partial charge >= 0.3 is 0 Å². The van der Waals surface area contributed by atoms with E-state index in [1.54, 1.807) is 19.0 Å². The fraction of sp³-hybridized carbons (Fsp3) is 0.250. The number of guanidine groups is 1. The molecule has 0 saturated heterocycles. The lowest BCUT2D eigenvalue weighted by Crippen LogP contribution is -2.47. The minimum absolute atomic E-state index is 0.00509. The number of carbonyl (C=O) groups is 1. The number of hydrogen-bond acceptors (Lipinski definition) is 7. The van der Waals surface area contributed by atoms with Crippen molar-refractivity contribution in [1.29, 1.82) is 5.41 Å². The van der Waals surface area contributed by atoms with E-state index in [0.29, 0.717) is 10.8 Å². The smallest absolute Gasteiger partial charge is 0.297 e. The van der Waals surface area contributed by atoms with Gasteiger partial charge in [0.2, 0.25) is 5.96 Å². The number of hydrogen-bond donors (Lipinski definition) is 4. The van der Waals surface area contributed by atoms with E-state index in [4.69, 9.17) is 34.3 Å². The van der Waals surface area contributed by atoms with Crippen molar-refractivity contribution in [2.45, 2.75) is 0 Å². The Labute approximate surface area is 108 Å². The summed E-state index contributed by atoms with van der Waals surface area (Å²) < 4.78 is 0. The number of halogens is 1. The molecule has 7 N–H and O–H groups in total. The van der Waals surface area contributed by atoms with E-state index in [1.165, 1.54) is 0 Å². The lowest BCUT2D eigenvalue weighted by Gasteiger charge is -2.17. The van der Waals surface area contributed by atoms with Gasteiger partial charge in [0.05, 0.1) is 0 Å². The monoisotopic (exact) mass is 272 g/mol. The fourth-order valence-corrected chi connectivity index (χ4v) is 1.38. The Morgan fingerprint density at radius 1 is 1.39 bits per heavy atom. The van der Waals surface area contributed by atoms with Crippen molar-refractivity contribution in [2.75, 3.05) is 24.7 Å². The molecule has 0 aliphatic heterocycles. The zero-order valence-electron chi connectivity index (χ0n) is 9.81. The van der Waals surface area contributed by atoms with Crippen molar-refractivity contribution < 1.29 is 4.79 Å². The summed E-state index contributed by atoms with van der Waals surface area (Å²) in [6.45, 7) is 0. The highest BCUT2D eigenvalue weighted by molar-refractivity contribution is 6.32. The van der Waals surface area contributed by atoms with E-state index in [2.05, 4.69) is 9.97 Å². The number of carbonyl (C=O) groups excluding carboxylic acids is 1. The number of nitrogen functional groups attached to an aromatic ring is 1. The molecular weight excluding hydrogens is 260 g/mol. The Kier molecular flexibility index (Phi) is 3.89. The maximum Gasteiger partial charge on any atom is 0.297 e. The van der Waals surface area contributed by atoms with Crippen LogP contribution in [0.5, 0.6) is 0 Å². The summed E-state index contributed by atoms with van der Waals surface area (Å²) in [5, 5.41) is 7.43. The molecule has 1 aromatic heterocycles. The van der Waals surface area contributed by atoms with Crippen LogP contribution in [0.15, 0.2) is 0 Å². The largest absolute Gasteiger partial charge is 0.382 e. The molecule has 0 saturated carbocycles. The molecule has 0 unspecified atom stereocenters. The molecule has 0 fully saturated rings. The van der Waals surface area contributed by atoms with Crippen LogP contribution in [0, 0.1) is 5.41 Å². The zero-order chi connectivity index (χ0) is 14.0. The minimum Gasteiger partial charge on any atom is -0.382 e. The van der Waals surface area contributed by atoms with Gasteiger partial charge in [-0.3, -0.25) is 10.2 Å². The van der Waals surface area contributed by atoms with Crippen LogP contribution in [-0.2, 0) is 0 Å². The Hall–Kier alpha value is -2.13. The fourth-order valence-electron chi connectivity index (χ4n) is 1.08. The average Bonchev–Trinajstić information content (AvgIpc) is 2.29. The first kappa shape index (κ1) is 13.9. The van der Waals surface area contributed by atoms with Gasteiger partial charge in [-0.15, -0.1) is 0 Å². The second kappa shape index (κ2) is 5.02. The van der Waals surface area contributed by atoms with Crippen molar-refractivity contribution in [2.24, 2.45) is 11.6 Å². The molecule has 0 bridgehead atoms. The van der Waals surface area contributed by atoms with Crippen LogP contribution in [0.25, 0.3) is 0 Å². The standard InChI is InChI=1S/C8H13ClN8O/c1-16(2)6-4(9)14-3(5(10)15-6)7(18)17(13)8(11)12/h13H2,1-2H3,(H2,10,15)(H3,11,12). The zero-order valence-corrected chi connectivity index (χ0v) is 10.6. The second-order valence-corrected chi connectivity index (χ2v) is 3.88. The van der Waals surface area contributed by atoms with Gasteiger partial charge in [-0.1, -0.05) is 11.6 Å². The summed E-state index contributed by atoms with van der Waals surface area (Å²) >= 11 is 5.86. The van der Waals surface area contributed by atoms with Crippen LogP contribution < -0.4 is 22.2 Å². The molecule has 1 aromatic rings. The maximum atomic E-state index is 11.8. The normalized spacial score (nSPS) is 10.0. The van der Waals surface area contributed by atoms with Crippen molar-refractivity contribution in [3.05, 3.63) is 10.8 Å². The third-order valence-electron chi connectivity index (χ3n) is 1.97. The van der Waals surface area contributed by atoms with E-state index < -0.39 is 11.9 Å². The first-order valence-electron chi connectivity index (χ1n) is 4.69. The van der Waals surface area contributed by atoms with Crippen LogP contribution in [0.3, 0.4) is 0 Å². The van der Waals surface area contributed by atoms with E-state index in [0.717, 1.165) is 0 Å². The summed E-state index contributed by atoms with van der Waals surface area (Å²) in [6.07, 6.45) is 0. The van der Waals surface area contributed by atoms with Crippen molar-refractivity contribution in [3.63, 3.8) is 0 Å². The molecule has 0 atom stereocenters. The molecule has 0 spiro atoms. The van der Waals surface area contributed by atoms with Gasteiger partial charge in [0, 0.05) is 14.1 Å². The number of aromatic nitrogens is 2. The molecule has 98 valence electrons. The van der Waals surface area contributed by atoms with Crippen molar-refractivity contribution in [3.8, 4) is 0 Å². The third kappa shape index (κ3) is 2.57. The Balaban J connectivity index is 3.24. The first-order chi connectivity index (χ1) is 8.25. The van der Waals surface area contributed by atoms with Crippen LogP contribution in [0.1, 0.15) is 10.5 Å². The van der Waals surface area contributed by atoms with Gasteiger partial charge in [0.1, 0.15) is 0 Å². The molecule has 18 heavy (non-hydrogen) atoms. The van der Waals surface area contributed by atoms with Gasteiger partial charge < -0.3 is 16.4 Å². The number of amides is 1. The predicted molar refractivity (Wildman–Crippen MR) is 68.1 cm³/mol. The number of nitrogens with zero attached hydrogens (tertiary/aromatic N) is 4. The second-order valence-electron chi connectivity index (χ2n) is 3.53. The SMILES string of the molecule is CN(C)c1nc(N)c(C(=O)N(N)C(=N)N)nc1Cl. The number of hydrazine groups is 1. The number of nitrogens with two attached hydrogens (primary N) is 3. The highest BCUT2D eigenvalue weighted by atomic mass is 35.5. The summed E-state index contributed by atoms with van der Waals surface area (Å²) in [4.78, 5) is 21.1. The number of rotatable bonds is 2. The van der Waals surface area contributed by atoms with Crippen LogP contribution in [0.4, 0.5) is 11.6 Å². The Bertz CT molecular complexity index is 502. The summed E-state index contributed by atoms with van der Waals surface area (Å²) in [7, 11) is 3.39. The first-order valence-corrected chi connectivity index (χ1v) is 5.07.